The minimum Gasteiger partial charge on any atom is -0.393 e. The Balaban J connectivity index is 1.34. The average Bonchev–Trinajstić information content (AvgIpc) is 2.99. The molecule has 1 saturated carbocycles. The number of aromatic nitrogens is 2. The number of aliphatic hydroxyl groups excluding tert-OH is 1. The van der Waals surface area contributed by atoms with Gasteiger partial charge in [-0.2, -0.15) is 9.29 Å². The quantitative estimate of drug-likeness (QED) is 0.366. The number of morpholine rings is 1. The Labute approximate surface area is 237 Å². The van der Waals surface area contributed by atoms with Crippen molar-refractivity contribution < 1.29 is 27.4 Å². The summed E-state index contributed by atoms with van der Waals surface area (Å²) in [7, 11) is -3.66. The lowest BCUT2D eigenvalue weighted by atomic mass is 9.96. The molecule has 1 saturated heterocycles. The molecule has 2 aromatic carbocycles. The van der Waals surface area contributed by atoms with E-state index in [0.717, 1.165) is 11.3 Å². The summed E-state index contributed by atoms with van der Waals surface area (Å²) in [4.78, 5) is 26.8. The number of rotatable bonds is 8. The van der Waals surface area contributed by atoms with Crippen molar-refractivity contribution in [2.75, 3.05) is 36.9 Å². The maximum atomic E-state index is 13.3. The van der Waals surface area contributed by atoms with E-state index in [1.165, 1.54) is 46.9 Å². The van der Waals surface area contributed by atoms with Crippen LogP contribution in [0.5, 0.6) is 0 Å². The van der Waals surface area contributed by atoms with Gasteiger partial charge < -0.3 is 20.5 Å². The lowest BCUT2D eigenvalue weighted by Gasteiger charge is -2.26. The van der Waals surface area contributed by atoms with Crippen LogP contribution in [0.3, 0.4) is 0 Å². The van der Waals surface area contributed by atoms with Crippen LogP contribution in [0, 0.1) is 5.82 Å². The van der Waals surface area contributed by atoms with E-state index in [-0.39, 0.29) is 34.1 Å². The van der Waals surface area contributed by atoms with Crippen molar-refractivity contribution in [3.8, 4) is 0 Å². The smallest absolute Gasteiger partial charge is 0.261 e. The number of aliphatic hydroxyl groups is 1. The molecule has 3 aromatic rings. The highest BCUT2D eigenvalue weighted by atomic mass is 32.2. The fourth-order valence-electron chi connectivity index (χ4n) is 4.53. The van der Waals surface area contributed by atoms with Gasteiger partial charge in [-0.3, -0.25) is 4.79 Å². The highest BCUT2D eigenvalue weighted by Crippen LogP contribution is 2.25. The lowest BCUT2D eigenvalue weighted by molar-refractivity contribution is 0.0730. The van der Waals surface area contributed by atoms with Gasteiger partial charge in [0.2, 0.25) is 16.0 Å². The van der Waals surface area contributed by atoms with E-state index >= 15 is 0 Å². The molecule has 0 atom stereocenters. The second-order valence-electron chi connectivity index (χ2n) is 9.82. The summed E-state index contributed by atoms with van der Waals surface area (Å²) in [6, 6.07) is 12.0. The van der Waals surface area contributed by atoms with E-state index in [1.54, 1.807) is 12.1 Å². The molecule has 0 unspecified atom stereocenters. The van der Waals surface area contributed by atoms with Gasteiger partial charge in [-0.15, -0.1) is 0 Å². The maximum Gasteiger partial charge on any atom is 0.261 e. The number of hydrogen-bond donors (Lipinski definition) is 3. The van der Waals surface area contributed by atoms with E-state index in [4.69, 9.17) is 4.74 Å². The molecule has 41 heavy (non-hydrogen) atoms. The Morgan fingerprint density at radius 3 is 2.44 bits per heavy atom. The van der Waals surface area contributed by atoms with Crippen LogP contribution in [0.1, 0.15) is 41.6 Å². The Bertz CT molecular complexity index is 1500. The van der Waals surface area contributed by atoms with Crippen molar-refractivity contribution in [3.05, 3.63) is 71.7 Å². The molecule has 216 valence electrons. The largest absolute Gasteiger partial charge is 0.393 e. The van der Waals surface area contributed by atoms with E-state index < -0.39 is 15.9 Å². The minimum atomic E-state index is -3.66. The number of aliphatic imine (C=N–C) groups is 1. The van der Waals surface area contributed by atoms with Crippen LogP contribution in [-0.2, 0) is 21.3 Å². The van der Waals surface area contributed by atoms with Crippen molar-refractivity contribution in [1.82, 2.24) is 14.3 Å². The summed E-state index contributed by atoms with van der Waals surface area (Å²) in [5.74, 6) is -0.408. The van der Waals surface area contributed by atoms with Crippen LogP contribution in [-0.4, -0.2) is 71.8 Å². The third kappa shape index (κ3) is 7.30. The molecule has 11 nitrogen and oxygen atoms in total. The third-order valence-electron chi connectivity index (χ3n) is 6.89. The number of carbonyl (C=O) groups excluding carboxylic acids is 1. The predicted octanol–water partition coefficient (Wildman–Crippen LogP) is 3.51. The third-order valence-corrected chi connectivity index (χ3v) is 8.81. The van der Waals surface area contributed by atoms with Crippen molar-refractivity contribution >= 4 is 39.1 Å². The topological polar surface area (TPSA) is 146 Å². The number of ether oxygens (including phenoxy) is 1. The van der Waals surface area contributed by atoms with Gasteiger partial charge in [-0.05, 0) is 67.6 Å². The summed E-state index contributed by atoms with van der Waals surface area (Å²) in [5.41, 5.74) is 2.19. The first kappa shape index (κ1) is 28.7. The fraction of sp³-hybridized carbons (Fsp3) is 0.357. The summed E-state index contributed by atoms with van der Waals surface area (Å²) in [6.07, 6.45) is 3.35. The monoisotopic (exact) mass is 582 g/mol. The van der Waals surface area contributed by atoms with Crippen molar-refractivity contribution in [2.45, 2.75) is 43.2 Å². The Morgan fingerprint density at radius 2 is 1.76 bits per heavy atom. The summed E-state index contributed by atoms with van der Waals surface area (Å²) < 4.78 is 45.7. The number of anilines is 2. The first-order valence-electron chi connectivity index (χ1n) is 13.4. The number of amides is 1. The molecule has 0 spiro atoms. The molecule has 0 bridgehead atoms. The van der Waals surface area contributed by atoms with Crippen LogP contribution >= 0.6 is 0 Å². The van der Waals surface area contributed by atoms with Crippen LogP contribution in [0.4, 0.5) is 21.8 Å². The number of nitrogens with zero attached hydrogens (tertiary/aromatic N) is 4. The zero-order valence-electron chi connectivity index (χ0n) is 22.3. The number of halogens is 1. The van der Waals surface area contributed by atoms with Crippen LogP contribution in [0.25, 0.3) is 0 Å². The SMILES string of the molecule is O=C(Nc1ccc(S(=O)(=O)N2CCOCC2)cc1)c1cnc(NCc2ccc(F)cc2)nc1N=C1CCC(O)CC1. The van der Waals surface area contributed by atoms with Gasteiger partial charge in [0.15, 0.2) is 5.82 Å². The highest BCUT2D eigenvalue weighted by molar-refractivity contribution is 7.89. The van der Waals surface area contributed by atoms with Gasteiger partial charge in [0, 0.05) is 37.2 Å². The Morgan fingerprint density at radius 1 is 1.07 bits per heavy atom. The summed E-state index contributed by atoms with van der Waals surface area (Å²) in [6.45, 7) is 1.62. The number of carbonyl (C=O) groups is 1. The number of nitrogens with one attached hydrogen (secondary N) is 2. The van der Waals surface area contributed by atoms with Crippen molar-refractivity contribution in [3.63, 3.8) is 0 Å². The van der Waals surface area contributed by atoms with E-state index in [9.17, 15) is 22.7 Å². The maximum absolute atomic E-state index is 13.3. The molecular weight excluding hydrogens is 551 g/mol. The van der Waals surface area contributed by atoms with Gasteiger partial charge in [0.25, 0.3) is 5.91 Å². The molecule has 5 rings (SSSR count). The molecule has 3 N–H and O–H groups in total. The van der Waals surface area contributed by atoms with Crippen molar-refractivity contribution in [1.29, 1.82) is 0 Å². The Hall–Kier alpha value is -3.78. The van der Waals surface area contributed by atoms with Gasteiger partial charge in [0.1, 0.15) is 11.4 Å². The van der Waals surface area contributed by atoms with Gasteiger partial charge >= 0.3 is 0 Å². The lowest BCUT2D eigenvalue weighted by Crippen LogP contribution is -2.40. The summed E-state index contributed by atoms with van der Waals surface area (Å²) >= 11 is 0. The van der Waals surface area contributed by atoms with E-state index in [1.807, 2.05) is 0 Å². The van der Waals surface area contributed by atoms with Gasteiger partial charge in [0.05, 0.1) is 24.2 Å². The number of hydrogen-bond acceptors (Lipinski definition) is 9. The molecule has 13 heteroatoms. The fourth-order valence-corrected chi connectivity index (χ4v) is 5.94. The normalized spacial score (nSPS) is 18.1. The second kappa shape index (κ2) is 12.8. The predicted molar refractivity (Wildman–Crippen MR) is 151 cm³/mol. The molecule has 2 heterocycles. The van der Waals surface area contributed by atoms with Crippen LogP contribution < -0.4 is 10.6 Å². The minimum absolute atomic E-state index is 0.129. The van der Waals surface area contributed by atoms with Crippen LogP contribution in [0.15, 0.2) is 64.6 Å². The summed E-state index contributed by atoms with van der Waals surface area (Å²) in [5, 5.41) is 15.7. The van der Waals surface area contributed by atoms with E-state index in [0.29, 0.717) is 64.2 Å². The molecule has 2 fully saturated rings. The Kier molecular flexibility index (Phi) is 8.98. The molecule has 1 aromatic heterocycles. The molecule has 1 aliphatic heterocycles. The van der Waals surface area contributed by atoms with Gasteiger partial charge in [-0.1, -0.05) is 12.1 Å². The second-order valence-corrected chi connectivity index (χ2v) is 11.8. The first-order chi connectivity index (χ1) is 19.8. The number of benzene rings is 2. The zero-order valence-corrected chi connectivity index (χ0v) is 23.1. The van der Waals surface area contributed by atoms with Crippen LogP contribution in [0.2, 0.25) is 0 Å². The standard InChI is InChI=1S/C28H31FN6O5S/c29-20-3-1-19(2-4-20)17-30-28-31-18-25(26(34-28)32-21-5-9-23(36)10-6-21)27(37)33-22-7-11-24(12-8-22)41(38,39)35-13-15-40-16-14-35/h1-4,7-8,11-12,18,23,36H,5-6,9-10,13-17H2,(H,33,37)(H,30,31,34). The molecule has 1 aliphatic carbocycles. The van der Waals surface area contributed by atoms with Gasteiger partial charge in [-0.25, -0.2) is 22.8 Å². The average molecular weight is 583 g/mol. The number of sulfonamides is 1. The molecule has 1 amide bonds. The highest BCUT2D eigenvalue weighted by Gasteiger charge is 2.26. The molecular formula is C28H31FN6O5S. The van der Waals surface area contributed by atoms with Crippen molar-refractivity contribution in [2.24, 2.45) is 4.99 Å². The first-order valence-corrected chi connectivity index (χ1v) is 14.8. The zero-order chi connectivity index (χ0) is 28.8. The van der Waals surface area contributed by atoms with E-state index in [2.05, 4.69) is 25.6 Å². The molecule has 2 aliphatic rings. The molecule has 0 radical (unpaired) electrons.